The molecule has 0 amide bonds. The fourth-order valence-corrected chi connectivity index (χ4v) is 4.68. The van der Waals surface area contributed by atoms with Gasteiger partial charge in [0.2, 0.25) is 0 Å². The molecule has 10 heteroatoms. The second-order valence-corrected chi connectivity index (χ2v) is 9.34. The van der Waals surface area contributed by atoms with Crippen LogP contribution in [0.1, 0.15) is 30.5 Å². The van der Waals surface area contributed by atoms with Crippen molar-refractivity contribution in [2.75, 3.05) is 45.7 Å². The largest absolute Gasteiger partial charge is 0.461 e. The lowest BCUT2D eigenvalue weighted by Gasteiger charge is -2.13. The number of H-pyrrole nitrogens is 1. The van der Waals surface area contributed by atoms with Crippen LogP contribution in [0.3, 0.4) is 0 Å². The zero-order chi connectivity index (χ0) is 25.6. The molecule has 0 aliphatic carbocycles. The predicted octanol–water partition coefficient (Wildman–Crippen LogP) is 2.87. The van der Waals surface area contributed by atoms with Gasteiger partial charge in [-0.15, -0.1) is 0 Å². The van der Waals surface area contributed by atoms with E-state index in [4.69, 9.17) is 15.2 Å². The Hall–Kier alpha value is -3.76. The molecule has 0 radical (unpaired) electrons. The maximum Gasteiger partial charge on any atom is 0.328 e. The number of imidazole rings is 1. The third-order valence-corrected chi connectivity index (χ3v) is 6.71. The maximum atomic E-state index is 12.6. The predicted molar refractivity (Wildman–Crippen MR) is 143 cm³/mol. The number of fused-ring (bicyclic) bond motifs is 1. The number of nitrogens with one attached hydrogen (secondary N) is 1. The number of hydrogen-bond donors (Lipinski definition) is 2. The van der Waals surface area contributed by atoms with Crippen LogP contribution in [0.5, 0.6) is 6.01 Å². The standard InChI is InChI=1S/C27H33N7O3/c1-36-15-16-37-26-31-24(28)23-25(32-26)34(27(35)30-23)18-19-6-8-20(9-7-19)21-10-11-22(29-17-21)5-4-14-33-12-2-3-13-33/h6-11,17H,2-5,12-16,18H2,1H3,(H,30,35)(H2,28,31,32). The second-order valence-electron chi connectivity index (χ2n) is 9.34. The van der Waals surface area contributed by atoms with E-state index in [0.29, 0.717) is 24.3 Å². The van der Waals surface area contributed by atoms with Crippen LogP contribution in [-0.2, 0) is 17.7 Å². The SMILES string of the molecule is COCCOc1nc(N)c2[nH]c(=O)n(Cc3ccc(-c4ccc(CCCN5CCCC5)nc4)cc3)c2n1. The molecular formula is C27H33N7O3. The van der Waals surface area contributed by atoms with Crippen molar-refractivity contribution in [1.29, 1.82) is 0 Å². The fraction of sp³-hybridized carbons (Fsp3) is 0.407. The van der Waals surface area contributed by atoms with Crippen molar-refractivity contribution >= 4 is 17.0 Å². The molecule has 0 spiro atoms. The molecule has 4 aromatic rings. The summed E-state index contributed by atoms with van der Waals surface area (Å²) in [5, 5.41) is 0. The van der Waals surface area contributed by atoms with Gasteiger partial charge >= 0.3 is 11.7 Å². The Morgan fingerprint density at radius 2 is 1.81 bits per heavy atom. The van der Waals surface area contributed by atoms with Gasteiger partial charge in [-0.25, -0.2) is 4.79 Å². The molecule has 10 nitrogen and oxygen atoms in total. The quantitative estimate of drug-likeness (QED) is 0.300. The summed E-state index contributed by atoms with van der Waals surface area (Å²) >= 11 is 0. The average Bonchev–Trinajstić information content (AvgIpc) is 3.54. The van der Waals surface area contributed by atoms with Crippen LogP contribution < -0.4 is 16.2 Å². The van der Waals surface area contributed by atoms with Crippen LogP contribution in [0.2, 0.25) is 0 Å². The van der Waals surface area contributed by atoms with Gasteiger partial charge in [0.15, 0.2) is 11.5 Å². The van der Waals surface area contributed by atoms with Gasteiger partial charge in [0.1, 0.15) is 12.1 Å². The number of nitrogens with two attached hydrogens (primary N) is 1. The molecule has 1 aliphatic heterocycles. The molecule has 1 saturated heterocycles. The Morgan fingerprint density at radius 1 is 1.03 bits per heavy atom. The highest BCUT2D eigenvalue weighted by molar-refractivity contribution is 5.82. The zero-order valence-electron chi connectivity index (χ0n) is 21.2. The van der Waals surface area contributed by atoms with Crippen LogP contribution in [0, 0.1) is 0 Å². The summed E-state index contributed by atoms with van der Waals surface area (Å²) in [5.41, 5.74) is 10.8. The normalized spacial score (nSPS) is 14.0. The summed E-state index contributed by atoms with van der Waals surface area (Å²) in [7, 11) is 1.58. The van der Waals surface area contributed by atoms with Gasteiger partial charge in [0, 0.05) is 24.6 Å². The van der Waals surface area contributed by atoms with Crippen LogP contribution in [0.25, 0.3) is 22.3 Å². The van der Waals surface area contributed by atoms with Crippen molar-refractivity contribution < 1.29 is 9.47 Å². The van der Waals surface area contributed by atoms with Crippen molar-refractivity contribution in [2.24, 2.45) is 0 Å². The van der Waals surface area contributed by atoms with Crippen LogP contribution in [0.15, 0.2) is 47.4 Å². The molecule has 3 aromatic heterocycles. The van der Waals surface area contributed by atoms with Crippen molar-refractivity contribution in [3.8, 4) is 17.1 Å². The topological polar surface area (TPSA) is 124 Å². The number of pyridine rings is 1. The number of rotatable bonds is 11. The first-order valence-electron chi connectivity index (χ1n) is 12.7. The van der Waals surface area contributed by atoms with Gasteiger partial charge in [0.25, 0.3) is 0 Å². The van der Waals surface area contributed by atoms with Gasteiger partial charge in [0.05, 0.1) is 13.2 Å². The van der Waals surface area contributed by atoms with Crippen molar-refractivity contribution in [2.45, 2.75) is 32.2 Å². The highest BCUT2D eigenvalue weighted by Crippen LogP contribution is 2.22. The van der Waals surface area contributed by atoms with E-state index in [2.05, 4.69) is 37.0 Å². The Balaban J connectivity index is 1.25. The number of aromatic amines is 1. The summed E-state index contributed by atoms with van der Waals surface area (Å²) in [6, 6.07) is 12.5. The smallest absolute Gasteiger partial charge is 0.328 e. The van der Waals surface area contributed by atoms with Crippen LogP contribution in [-0.4, -0.2) is 69.4 Å². The fourth-order valence-electron chi connectivity index (χ4n) is 4.68. The third kappa shape index (κ3) is 5.98. The number of ether oxygens (including phenoxy) is 2. The third-order valence-electron chi connectivity index (χ3n) is 6.71. The maximum absolute atomic E-state index is 12.6. The minimum atomic E-state index is -0.307. The molecule has 1 aromatic carbocycles. The number of aryl methyl sites for hydroxylation is 1. The van der Waals surface area contributed by atoms with Gasteiger partial charge in [-0.05, 0) is 62.5 Å². The Bertz CT molecular complexity index is 1370. The minimum Gasteiger partial charge on any atom is -0.461 e. The molecule has 3 N–H and O–H groups in total. The average molecular weight is 504 g/mol. The van der Waals surface area contributed by atoms with E-state index in [9.17, 15) is 4.79 Å². The molecule has 1 fully saturated rings. The van der Waals surface area contributed by atoms with Gasteiger partial charge in [-0.2, -0.15) is 9.97 Å². The molecule has 5 rings (SSSR count). The number of nitrogen functional groups attached to an aromatic ring is 1. The lowest BCUT2D eigenvalue weighted by molar-refractivity contribution is 0.141. The second kappa shape index (κ2) is 11.5. The number of aromatic nitrogens is 5. The first-order valence-corrected chi connectivity index (χ1v) is 12.7. The first kappa shape index (κ1) is 24.9. The summed E-state index contributed by atoms with van der Waals surface area (Å²) in [6.07, 6.45) is 6.75. The number of anilines is 1. The lowest BCUT2D eigenvalue weighted by Crippen LogP contribution is -2.20. The Labute approximate surface area is 215 Å². The first-order chi connectivity index (χ1) is 18.1. The summed E-state index contributed by atoms with van der Waals surface area (Å²) in [4.78, 5) is 31.1. The van der Waals surface area contributed by atoms with Gasteiger partial charge in [-0.1, -0.05) is 30.3 Å². The van der Waals surface area contributed by atoms with E-state index in [0.717, 1.165) is 41.8 Å². The summed E-state index contributed by atoms with van der Waals surface area (Å²) in [5.74, 6) is 0.163. The molecule has 1 aliphatic rings. The lowest BCUT2D eigenvalue weighted by atomic mass is 10.0. The highest BCUT2D eigenvalue weighted by atomic mass is 16.5. The molecule has 37 heavy (non-hydrogen) atoms. The molecule has 194 valence electrons. The van der Waals surface area contributed by atoms with Crippen molar-refractivity contribution in [3.63, 3.8) is 0 Å². The highest BCUT2D eigenvalue weighted by Gasteiger charge is 2.15. The minimum absolute atomic E-state index is 0.108. The summed E-state index contributed by atoms with van der Waals surface area (Å²) in [6.45, 7) is 4.65. The molecule has 0 atom stereocenters. The van der Waals surface area contributed by atoms with Crippen LogP contribution >= 0.6 is 0 Å². The number of likely N-dealkylation sites (tertiary alicyclic amines) is 1. The summed E-state index contributed by atoms with van der Waals surface area (Å²) < 4.78 is 12.0. The number of benzene rings is 1. The zero-order valence-corrected chi connectivity index (χ0v) is 21.2. The van der Waals surface area contributed by atoms with Crippen molar-refractivity contribution in [3.05, 3.63) is 64.3 Å². The number of methoxy groups -OCH3 is 1. The van der Waals surface area contributed by atoms with Gasteiger partial charge < -0.3 is 25.1 Å². The van der Waals surface area contributed by atoms with Crippen molar-refractivity contribution in [1.82, 2.24) is 29.4 Å². The van der Waals surface area contributed by atoms with E-state index in [1.165, 1.54) is 30.5 Å². The molecule has 0 saturated carbocycles. The van der Waals surface area contributed by atoms with E-state index in [1.54, 1.807) is 7.11 Å². The van der Waals surface area contributed by atoms with Crippen LogP contribution in [0.4, 0.5) is 5.82 Å². The number of nitrogens with zero attached hydrogens (tertiary/aromatic N) is 5. The van der Waals surface area contributed by atoms with E-state index in [-0.39, 0.29) is 24.1 Å². The van der Waals surface area contributed by atoms with Gasteiger partial charge in [-0.3, -0.25) is 9.55 Å². The Kier molecular flexibility index (Phi) is 7.76. The molecule has 0 bridgehead atoms. The monoisotopic (exact) mass is 503 g/mol. The Morgan fingerprint density at radius 3 is 2.54 bits per heavy atom. The number of hydrogen-bond acceptors (Lipinski definition) is 8. The molecule has 0 unspecified atom stereocenters. The van der Waals surface area contributed by atoms with E-state index in [1.807, 2.05) is 30.5 Å². The van der Waals surface area contributed by atoms with E-state index < -0.39 is 0 Å². The molecular weight excluding hydrogens is 470 g/mol. The van der Waals surface area contributed by atoms with E-state index >= 15 is 0 Å². The molecule has 4 heterocycles.